The van der Waals surface area contributed by atoms with Gasteiger partial charge in [0.15, 0.2) is 0 Å². The van der Waals surface area contributed by atoms with Crippen LogP contribution in [-0.4, -0.2) is 10.2 Å². The number of aryl methyl sites for hydroxylation is 1. The maximum absolute atomic E-state index is 9.60. The minimum Gasteiger partial charge on any atom is -0.508 e. The van der Waals surface area contributed by atoms with Crippen molar-refractivity contribution in [3.05, 3.63) is 23.8 Å². The lowest BCUT2D eigenvalue weighted by Crippen LogP contribution is -1.87. The highest BCUT2D eigenvalue weighted by Crippen LogP contribution is 2.24. The van der Waals surface area contributed by atoms with Crippen LogP contribution in [0.15, 0.2) is 18.2 Å². The van der Waals surface area contributed by atoms with E-state index in [-0.39, 0.29) is 11.5 Å². The van der Waals surface area contributed by atoms with Crippen molar-refractivity contribution in [3.8, 4) is 11.5 Å². The molecule has 0 aliphatic carbocycles. The van der Waals surface area contributed by atoms with Crippen LogP contribution in [0.2, 0.25) is 0 Å². The Hall–Kier alpha value is -1.18. The molecule has 17 heavy (non-hydrogen) atoms. The van der Waals surface area contributed by atoms with Gasteiger partial charge in [-0.15, -0.1) is 0 Å². The predicted molar refractivity (Wildman–Crippen MR) is 71.5 cm³/mol. The number of unbranched alkanes of at least 4 members (excludes halogenated alkanes) is 6. The number of hydrogen-bond acceptors (Lipinski definition) is 2. The van der Waals surface area contributed by atoms with E-state index in [9.17, 15) is 5.11 Å². The summed E-state index contributed by atoms with van der Waals surface area (Å²) in [5, 5.41) is 18.8. The van der Waals surface area contributed by atoms with Crippen LogP contribution in [0, 0.1) is 0 Å². The highest BCUT2D eigenvalue weighted by atomic mass is 16.3. The summed E-state index contributed by atoms with van der Waals surface area (Å²) in [6.07, 6.45) is 9.85. The van der Waals surface area contributed by atoms with E-state index < -0.39 is 0 Å². The molecule has 2 heteroatoms. The van der Waals surface area contributed by atoms with Crippen molar-refractivity contribution in [1.82, 2.24) is 0 Å². The van der Waals surface area contributed by atoms with Gasteiger partial charge in [0.2, 0.25) is 0 Å². The molecule has 0 atom stereocenters. The molecule has 0 unspecified atom stereocenters. The molecule has 0 bridgehead atoms. The number of rotatable bonds is 8. The second kappa shape index (κ2) is 7.99. The average Bonchev–Trinajstić information content (AvgIpc) is 2.30. The molecule has 0 saturated heterocycles. The van der Waals surface area contributed by atoms with Crippen molar-refractivity contribution in [2.24, 2.45) is 0 Å². The molecule has 0 heterocycles. The zero-order valence-electron chi connectivity index (χ0n) is 10.8. The summed E-state index contributed by atoms with van der Waals surface area (Å²) in [5.41, 5.74) is 0.941. The van der Waals surface area contributed by atoms with Gasteiger partial charge in [0.05, 0.1) is 0 Å². The van der Waals surface area contributed by atoms with Crippen molar-refractivity contribution < 1.29 is 10.2 Å². The molecule has 1 aromatic rings. The molecule has 1 rings (SSSR count). The monoisotopic (exact) mass is 236 g/mol. The van der Waals surface area contributed by atoms with E-state index in [0.717, 1.165) is 18.4 Å². The third-order valence-electron chi connectivity index (χ3n) is 3.12. The molecular formula is C15H24O2. The standard InChI is InChI=1S/C15H24O2/c1-2-3-4-5-6-7-8-9-13-10-11-14(16)12-15(13)17/h10-12,16-17H,2-9H2,1H3. The third-order valence-corrected chi connectivity index (χ3v) is 3.12. The van der Waals surface area contributed by atoms with Crippen molar-refractivity contribution in [2.45, 2.75) is 58.3 Å². The lowest BCUT2D eigenvalue weighted by atomic mass is 10.0. The van der Waals surface area contributed by atoms with E-state index in [1.165, 1.54) is 44.6 Å². The molecule has 2 nitrogen and oxygen atoms in total. The first-order valence-electron chi connectivity index (χ1n) is 6.75. The van der Waals surface area contributed by atoms with E-state index in [4.69, 9.17) is 5.11 Å². The molecule has 0 radical (unpaired) electrons. The van der Waals surface area contributed by atoms with Gasteiger partial charge in [-0.05, 0) is 24.5 Å². The summed E-state index contributed by atoms with van der Waals surface area (Å²) in [5.74, 6) is 0.349. The summed E-state index contributed by atoms with van der Waals surface area (Å²) in [7, 11) is 0. The first-order chi connectivity index (χ1) is 8.24. The largest absolute Gasteiger partial charge is 0.508 e. The van der Waals surface area contributed by atoms with E-state index in [1.807, 2.05) is 6.07 Å². The second-order valence-electron chi connectivity index (χ2n) is 4.68. The first kappa shape index (κ1) is 13.9. The lowest BCUT2D eigenvalue weighted by Gasteiger charge is -2.05. The zero-order chi connectivity index (χ0) is 12.5. The number of benzene rings is 1. The van der Waals surface area contributed by atoms with Gasteiger partial charge < -0.3 is 10.2 Å². The van der Waals surface area contributed by atoms with Gasteiger partial charge in [0.1, 0.15) is 11.5 Å². The van der Waals surface area contributed by atoms with Gasteiger partial charge in [-0.2, -0.15) is 0 Å². The number of phenols is 2. The van der Waals surface area contributed by atoms with Gasteiger partial charge in [0.25, 0.3) is 0 Å². The fraction of sp³-hybridized carbons (Fsp3) is 0.600. The highest BCUT2D eigenvalue weighted by Gasteiger charge is 2.01. The Morgan fingerprint density at radius 3 is 2.18 bits per heavy atom. The van der Waals surface area contributed by atoms with E-state index in [1.54, 1.807) is 6.07 Å². The molecule has 1 aromatic carbocycles. The Bertz CT molecular complexity index is 321. The molecule has 0 aliphatic rings. The Morgan fingerprint density at radius 1 is 0.882 bits per heavy atom. The van der Waals surface area contributed by atoms with Crippen LogP contribution in [0.5, 0.6) is 11.5 Å². The molecule has 0 fully saturated rings. The van der Waals surface area contributed by atoms with Crippen molar-refractivity contribution in [2.75, 3.05) is 0 Å². The normalized spacial score (nSPS) is 10.6. The number of aromatic hydroxyl groups is 2. The second-order valence-corrected chi connectivity index (χ2v) is 4.68. The van der Waals surface area contributed by atoms with Crippen LogP contribution in [0.4, 0.5) is 0 Å². The topological polar surface area (TPSA) is 40.5 Å². The highest BCUT2D eigenvalue weighted by molar-refractivity contribution is 5.38. The molecule has 96 valence electrons. The SMILES string of the molecule is CCCCCCCCCc1ccc(O)cc1O. The molecule has 0 spiro atoms. The van der Waals surface area contributed by atoms with E-state index in [0.29, 0.717) is 0 Å². The van der Waals surface area contributed by atoms with Crippen molar-refractivity contribution in [3.63, 3.8) is 0 Å². The number of hydrogen-bond donors (Lipinski definition) is 2. The maximum atomic E-state index is 9.60. The van der Waals surface area contributed by atoms with Crippen molar-refractivity contribution in [1.29, 1.82) is 0 Å². The summed E-state index contributed by atoms with van der Waals surface area (Å²) in [4.78, 5) is 0. The Morgan fingerprint density at radius 2 is 1.53 bits per heavy atom. The Labute approximate surface area is 104 Å². The van der Waals surface area contributed by atoms with Crippen molar-refractivity contribution >= 4 is 0 Å². The van der Waals surface area contributed by atoms with Crippen LogP contribution in [-0.2, 0) is 6.42 Å². The van der Waals surface area contributed by atoms with Gasteiger partial charge in [-0.1, -0.05) is 51.5 Å². The molecule has 0 amide bonds. The van der Waals surface area contributed by atoms with Crippen LogP contribution in [0.25, 0.3) is 0 Å². The van der Waals surface area contributed by atoms with E-state index in [2.05, 4.69) is 6.92 Å². The maximum Gasteiger partial charge on any atom is 0.122 e. The summed E-state index contributed by atoms with van der Waals surface area (Å²) < 4.78 is 0. The third kappa shape index (κ3) is 5.62. The summed E-state index contributed by atoms with van der Waals surface area (Å²) >= 11 is 0. The Balaban J connectivity index is 2.14. The zero-order valence-corrected chi connectivity index (χ0v) is 10.8. The predicted octanol–water partition coefficient (Wildman–Crippen LogP) is 4.39. The fourth-order valence-electron chi connectivity index (χ4n) is 2.04. The van der Waals surface area contributed by atoms with Crippen LogP contribution in [0.3, 0.4) is 0 Å². The minimum absolute atomic E-state index is 0.130. The van der Waals surface area contributed by atoms with Gasteiger partial charge >= 0.3 is 0 Å². The molecule has 2 N–H and O–H groups in total. The minimum atomic E-state index is 0.130. The lowest BCUT2D eigenvalue weighted by molar-refractivity contribution is 0.444. The fourth-order valence-corrected chi connectivity index (χ4v) is 2.04. The summed E-state index contributed by atoms with van der Waals surface area (Å²) in [6.45, 7) is 2.23. The van der Waals surface area contributed by atoms with Gasteiger partial charge in [-0.3, -0.25) is 0 Å². The van der Waals surface area contributed by atoms with Crippen LogP contribution in [0.1, 0.15) is 57.4 Å². The number of phenolic OH excluding ortho intramolecular Hbond substituents is 2. The smallest absolute Gasteiger partial charge is 0.122 e. The van der Waals surface area contributed by atoms with Crippen LogP contribution >= 0.6 is 0 Å². The molecular weight excluding hydrogens is 212 g/mol. The van der Waals surface area contributed by atoms with Gasteiger partial charge in [0, 0.05) is 6.07 Å². The Kier molecular flexibility index (Phi) is 6.53. The molecule has 0 aliphatic heterocycles. The average molecular weight is 236 g/mol. The first-order valence-corrected chi connectivity index (χ1v) is 6.75. The van der Waals surface area contributed by atoms with Crippen LogP contribution < -0.4 is 0 Å². The molecule has 0 saturated carbocycles. The quantitative estimate of drug-likeness (QED) is 0.657. The molecule has 0 aromatic heterocycles. The van der Waals surface area contributed by atoms with Gasteiger partial charge in [-0.25, -0.2) is 0 Å². The van der Waals surface area contributed by atoms with E-state index >= 15 is 0 Å². The summed E-state index contributed by atoms with van der Waals surface area (Å²) in [6, 6.07) is 4.86.